The number of aromatic nitrogens is 1. The number of aryl methyl sites for hydroxylation is 1. The number of ether oxygens (including phenoxy) is 1. The summed E-state index contributed by atoms with van der Waals surface area (Å²) in [7, 11) is 1.52. The van der Waals surface area contributed by atoms with E-state index >= 15 is 0 Å². The van der Waals surface area contributed by atoms with Crippen molar-refractivity contribution in [3.8, 4) is 5.69 Å². The molecule has 0 fully saturated rings. The Morgan fingerprint density at radius 1 is 1.27 bits per heavy atom. The van der Waals surface area contributed by atoms with Crippen LogP contribution in [0.5, 0.6) is 0 Å². The standard InChI is InChI=1S/C17H20N2O3/c1-5-22-17(20)14-6-8-16(9-7-14)19-12(2)10-15(13(19)3)11-18-21-4/h6-11H,5H2,1-4H3/b18-11+. The van der Waals surface area contributed by atoms with Crippen LogP contribution in [0.3, 0.4) is 0 Å². The Morgan fingerprint density at radius 2 is 1.95 bits per heavy atom. The smallest absolute Gasteiger partial charge is 0.338 e. The van der Waals surface area contributed by atoms with Crippen LogP contribution in [0, 0.1) is 13.8 Å². The fourth-order valence-electron chi connectivity index (χ4n) is 2.39. The Balaban J connectivity index is 2.34. The van der Waals surface area contributed by atoms with Crippen molar-refractivity contribution < 1.29 is 14.4 Å². The van der Waals surface area contributed by atoms with Crippen molar-refractivity contribution in [2.24, 2.45) is 5.16 Å². The van der Waals surface area contributed by atoms with Gasteiger partial charge in [-0.3, -0.25) is 0 Å². The number of carbonyl (C=O) groups excluding carboxylic acids is 1. The predicted octanol–water partition coefficient (Wildman–Crippen LogP) is 3.25. The summed E-state index contributed by atoms with van der Waals surface area (Å²) in [5, 5.41) is 3.81. The molecule has 1 heterocycles. The summed E-state index contributed by atoms with van der Waals surface area (Å²) in [6.07, 6.45) is 1.69. The molecule has 0 saturated carbocycles. The van der Waals surface area contributed by atoms with E-state index in [9.17, 15) is 4.79 Å². The zero-order valence-corrected chi connectivity index (χ0v) is 13.3. The van der Waals surface area contributed by atoms with Gasteiger partial charge < -0.3 is 14.1 Å². The molecule has 0 spiro atoms. The van der Waals surface area contributed by atoms with Gasteiger partial charge >= 0.3 is 5.97 Å². The van der Waals surface area contributed by atoms with Crippen LogP contribution in [-0.2, 0) is 9.57 Å². The Bertz CT molecular complexity index is 685. The first kappa shape index (κ1) is 15.8. The van der Waals surface area contributed by atoms with Gasteiger partial charge in [0.2, 0.25) is 0 Å². The summed E-state index contributed by atoms with van der Waals surface area (Å²) in [5.41, 5.74) is 4.67. The molecule has 2 aromatic rings. The highest BCUT2D eigenvalue weighted by atomic mass is 16.6. The van der Waals surface area contributed by atoms with Gasteiger partial charge in [-0.25, -0.2) is 4.79 Å². The third-order valence-corrected chi connectivity index (χ3v) is 3.40. The molecule has 0 unspecified atom stereocenters. The van der Waals surface area contributed by atoms with E-state index in [2.05, 4.69) is 9.72 Å². The largest absolute Gasteiger partial charge is 0.462 e. The summed E-state index contributed by atoms with van der Waals surface area (Å²) in [6, 6.07) is 9.40. The van der Waals surface area contributed by atoms with E-state index in [1.807, 2.05) is 32.0 Å². The van der Waals surface area contributed by atoms with Crippen LogP contribution in [0.15, 0.2) is 35.5 Å². The maximum absolute atomic E-state index is 11.7. The molecule has 0 bridgehead atoms. The molecule has 5 nitrogen and oxygen atoms in total. The second kappa shape index (κ2) is 6.93. The molecule has 0 amide bonds. The van der Waals surface area contributed by atoms with Gasteiger partial charge in [0.1, 0.15) is 7.11 Å². The van der Waals surface area contributed by atoms with Gasteiger partial charge in [0, 0.05) is 22.6 Å². The van der Waals surface area contributed by atoms with Crippen molar-refractivity contribution in [3.05, 3.63) is 52.8 Å². The van der Waals surface area contributed by atoms with Crippen LogP contribution in [-0.4, -0.2) is 30.5 Å². The molecule has 0 radical (unpaired) electrons. The highest BCUT2D eigenvalue weighted by molar-refractivity contribution is 5.89. The molecule has 116 valence electrons. The third kappa shape index (κ3) is 3.19. The molecule has 22 heavy (non-hydrogen) atoms. The second-order valence-corrected chi connectivity index (χ2v) is 4.85. The number of benzene rings is 1. The Kier molecular flexibility index (Phi) is 4.99. The number of hydrogen-bond donors (Lipinski definition) is 0. The first-order valence-corrected chi connectivity index (χ1v) is 7.11. The maximum Gasteiger partial charge on any atom is 0.338 e. The first-order valence-electron chi connectivity index (χ1n) is 7.11. The molecule has 1 aromatic carbocycles. The fraction of sp³-hybridized carbons (Fsp3) is 0.294. The SMILES string of the molecule is CCOC(=O)c1ccc(-n2c(C)cc(/C=N/OC)c2C)cc1. The minimum atomic E-state index is -0.303. The van der Waals surface area contributed by atoms with Crippen LogP contribution in [0.25, 0.3) is 5.69 Å². The minimum absolute atomic E-state index is 0.303. The number of esters is 1. The number of oxime groups is 1. The van der Waals surface area contributed by atoms with E-state index < -0.39 is 0 Å². The average molecular weight is 300 g/mol. The zero-order chi connectivity index (χ0) is 16.1. The number of nitrogens with zero attached hydrogens (tertiary/aromatic N) is 2. The normalized spacial score (nSPS) is 10.9. The van der Waals surface area contributed by atoms with E-state index in [-0.39, 0.29) is 5.97 Å². The second-order valence-electron chi connectivity index (χ2n) is 4.85. The Labute approximate surface area is 130 Å². The maximum atomic E-state index is 11.7. The summed E-state index contributed by atoms with van der Waals surface area (Å²) in [6.45, 7) is 6.21. The van der Waals surface area contributed by atoms with Crippen molar-refractivity contribution >= 4 is 12.2 Å². The predicted molar refractivity (Wildman–Crippen MR) is 85.8 cm³/mol. The van der Waals surface area contributed by atoms with E-state index in [0.29, 0.717) is 12.2 Å². The lowest BCUT2D eigenvalue weighted by Crippen LogP contribution is -2.05. The quantitative estimate of drug-likeness (QED) is 0.484. The molecule has 0 aliphatic heterocycles. The van der Waals surface area contributed by atoms with Crippen LogP contribution >= 0.6 is 0 Å². The summed E-state index contributed by atoms with van der Waals surface area (Å²) in [5.74, 6) is -0.303. The summed E-state index contributed by atoms with van der Waals surface area (Å²) >= 11 is 0. The molecular weight excluding hydrogens is 280 g/mol. The topological polar surface area (TPSA) is 52.8 Å². The molecule has 0 atom stereocenters. The highest BCUT2D eigenvalue weighted by Gasteiger charge is 2.11. The summed E-state index contributed by atoms with van der Waals surface area (Å²) < 4.78 is 7.10. The van der Waals surface area contributed by atoms with Gasteiger partial charge in [0.15, 0.2) is 0 Å². The Morgan fingerprint density at radius 3 is 2.55 bits per heavy atom. The van der Waals surface area contributed by atoms with Crippen molar-refractivity contribution in [1.82, 2.24) is 4.57 Å². The van der Waals surface area contributed by atoms with Crippen LogP contribution in [0.4, 0.5) is 0 Å². The van der Waals surface area contributed by atoms with Crippen LogP contribution < -0.4 is 0 Å². The number of carbonyl (C=O) groups is 1. The average Bonchev–Trinajstić information content (AvgIpc) is 2.80. The van der Waals surface area contributed by atoms with Gasteiger partial charge in [0.05, 0.1) is 18.4 Å². The number of rotatable bonds is 5. The van der Waals surface area contributed by atoms with Gasteiger partial charge in [-0.1, -0.05) is 5.16 Å². The molecule has 0 N–H and O–H groups in total. The molecule has 5 heteroatoms. The lowest BCUT2D eigenvalue weighted by Gasteiger charge is -2.10. The van der Waals surface area contributed by atoms with E-state index in [0.717, 1.165) is 22.6 Å². The molecule has 0 saturated heterocycles. The van der Waals surface area contributed by atoms with E-state index in [4.69, 9.17) is 9.57 Å². The van der Waals surface area contributed by atoms with Crippen LogP contribution in [0.2, 0.25) is 0 Å². The van der Waals surface area contributed by atoms with Gasteiger partial charge in [-0.15, -0.1) is 0 Å². The van der Waals surface area contributed by atoms with Crippen molar-refractivity contribution in [2.75, 3.05) is 13.7 Å². The molecule has 0 aliphatic carbocycles. The lowest BCUT2D eigenvalue weighted by atomic mass is 10.2. The van der Waals surface area contributed by atoms with E-state index in [1.54, 1.807) is 25.3 Å². The molecule has 2 rings (SSSR count). The first-order chi connectivity index (χ1) is 10.6. The lowest BCUT2D eigenvalue weighted by molar-refractivity contribution is 0.0526. The van der Waals surface area contributed by atoms with Crippen molar-refractivity contribution in [2.45, 2.75) is 20.8 Å². The third-order valence-electron chi connectivity index (χ3n) is 3.40. The van der Waals surface area contributed by atoms with Gasteiger partial charge in [-0.2, -0.15) is 0 Å². The summed E-state index contributed by atoms with van der Waals surface area (Å²) in [4.78, 5) is 16.4. The molecule has 0 aliphatic rings. The van der Waals surface area contributed by atoms with Crippen LogP contribution in [0.1, 0.15) is 34.2 Å². The highest BCUT2D eigenvalue weighted by Crippen LogP contribution is 2.20. The zero-order valence-electron chi connectivity index (χ0n) is 13.3. The number of hydrogen-bond acceptors (Lipinski definition) is 4. The van der Waals surface area contributed by atoms with E-state index in [1.165, 1.54) is 7.11 Å². The van der Waals surface area contributed by atoms with Crippen molar-refractivity contribution in [1.29, 1.82) is 0 Å². The van der Waals surface area contributed by atoms with Gasteiger partial charge in [-0.05, 0) is 51.1 Å². The Hall–Kier alpha value is -2.56. The van der Waals surface area contributed by atoms with Crippen molar-refractivity contribution in [3.63, 3.8) is 0 Å². The molecular formula is C17H20N2O3. The fourth-order valence-corrected chi connectivity index (χ4v) is 2.39. The molecule has 1 aromatic heterocycles. The van der Waals surface area contributed by atoms with Gasteiger partial charge in [0.25, 0.3) is 0 Å². The monoisotopic (exact) mass is 300 g/mol. The minimum Gasteiger partial charge on any atom is -0.462 e.